The quantitative estimate of drug-likeness (QED) is 0.786. The number of rotatable bonds is 2. The fourth-order valence-corrected chi connectivity index (χ4v) is 1.81. The molecule has 1 heterocycles. The second-order valence-electron chi connectivity index (χ2n) is 3.30. The minimum Gasteiger partial charge on any atom is -0.490 e. The van der Waals surface area contributed by atoms with Gasteiger partial charge in [0.05, 0.1) is 9.67 Å². The summed E-state index contributed by atoms with van der Waals surface area (Å²) in [7, 11) is 0. The molecule has 0 unspecified atom stereocenters. The van der Waals surface area contributed by atoms with Crippen LogP contribution in [0.5, 0.6) is 17.2 Å². The number of halogens is 1. The van der Waals surface area contributed by atoms with E-state index in [4.69, 9.17) is 14.2 Å². The van der Waals surface area contributed by atoms with Gasteiger partial charge in [-0.05, 0) is 36.4 Å². The van der Waals surface area contributed by atoms with Crippen LogP contribution in [0.1, 0.15) is 13.8 Å². The molecule has 1 aromatic rings. The van der Waals surface area contributed by atoms with Gasteiger partial charge in [0.1, 0.15) is 5.75 Å². The predicted molar refractivity (Wildman–Crippen MR) is 61.0 cm³/mol. The zero-order valence-electron chi connectivity index (χ0n) is 8.04. The molecule has 0 amide bonds. The first-order valence-electron chi connectivity index (χ1n) is 4.42. The van der Waals surface area contributed by atoms with Crippen LogP contribution in [0.4, 0.5) is 0 Å². The van der Waals surface area contributed by atoms with Crippen LogP contribution in [-0.4, -0.2) is 12.9 Å². The second-order valence-corrected chi connectivity index (χ2v) is 4.46. The van der Waals surface area contributed by atoms with Crippen molar-refractivity contribution in [3.05, 3.63) is 15.7 Å². The predicted octanol–water partition coefficient (Wildman–Crippen LogP) is 2.81. The largest absolute Gasteiger partial charge is 0.490 e. The lowest BCUT2D eigenvalue weighted by Crippen LogP contribution is -2.06. The van der Waals surface area contributed by atoms with E-state index in [0.717, 1.165) is 20.8 Å². The molecule has 1 aromatic carbocycles. The van der Waals surface area contributed by atoms with Gasteiger partial charge in [-0.1, -0.05) is 0 Å². The lowest BCUT2D eigenvalue weighted by Gasteiger charge is -2.11. The Bertz CT molecular complexity index is 349. The van der Waals surface area contributed by atoms with Gasteiger partial charge in [0.25, 0.3) is 0 Å². The molecule has 3 nitrogen and oxygen atoms in total. The van der Waals surface area contributed by atoms with Crippen LogP contribution in [-0.2, 0) is 0 Å². The lowest BCUT2D eigenvalue weighted by molar-refractivity contribution is 0.173. The van der Waals surface area contributed by atoms with Crippen LogP contribution in [0, 0.1) is 3.57 Å². The van der Waals surface area contributed by atoms with Gasteiger partial charge in [-0.3, -0.25) is 0 Å². The SMILES string of the molecule is CC(C)Oc1cc2c(cc1I)OCO2. The number of hydrogen-bond acceptors (Lipinski definition) is 3. The second kappa shape index (κ2) is 3.84. The van der Waals surface area contributed by atoms with Crippen molar-refractivity contribution in [2.24, 2.45) is 0 Å². The fraction of sp³-hybridized carbons (Fsp3) is 0.400. The topological polar surface area (TPSA) is 27.7 Å². The molecule has 0 atom stereocenters. The van der Waals surface area contributed by atoms with Gasteiger partial charge in [0.2, 0.25) is 6.79 Å². The summed E-state index contributed by atoms with van der Waals surface area (Å²) in [6.45, 7) is 4.30. The van der Waals surface area contributed by atoms with E-state index in [0.29, 0.717) is 6.79 Å². The Morgan fingerprint density at radius 1 is 1.29 bits per heavy atom. The third-order valence-corrected chi connectivity index (χ3v) is 2.63. The lowest BCUT2D eigenvalue weighted by atomic mass is 10.3. The maximum absolute atomic E-state index is 5.63. The summed E-state index contributed by atoms with van der Waals surface area (Å²) >= 11 is 2.23. The Morgan fingerprint density at radius 3 is 2.57 bits per heavy atom. The Kier molecular flexibility index (Phi) is 2.71. The van der Waals surface area contributed by atoms with Crippen LogP contribution in [0.25, 0.3) is 0 Å². The molecule has 0 radical (unpaired) electrons. The monoisotopic (exact) mass is 306 g/mol. The summed E-state index contributed by atoms with van der Waals surface area (Å²) in [5, 5.41) is 0. The highest BCUT2D eigenvalue weighted by atomic mass is 127. The third kappa shape index (κ3) is 1.89. The van der Waals surface area contributed by atoms with Gasteiger partial charge in [-0.2, -0.15) is 0 Å². The molecule has 2 rings (SSSR count). The number of hydrogen-bond donors (Lipinski definition) is 0. The molecule has 0 saturated heterocycles. The molecule has 1 aliphatic heterocycles. The molecule has 0 bridgehead atoms. The van der Waals surface area contributed by atoms with E-state index >= 15 is 0 Å². The highest BCUT2D eigenvalue weighted by Gasteiger charge is 2.17. The zero-order chi connectivity index (χ0) is 10.1. The normalized spacial score (nSPS) is 13.4. The van der Waals surface area contributed by atoms with Crippen molar-refractivity contribution >= 4 is 22.6 Å². The van der Waals surface area contributed by atoms with Crippen molar-refractivity contribution in [1.29, 1.82) is 0 Å². The Hall–Kier alpha value is -0.650. The van der Waals surface area contributed by atoms with Crippen molar-refractivity contribution < 1.29 is 14.2 Å². The average Bonchev–Trinajstić information content (AvgIpc) is 2.51. The zero-order valence-corrected chi connectivity index (χ0v) is 10.2. The van der Waals surface area contributed by atoms with E-state index in [2.05, 4.69) is 22.6 Å². The van der Waals surface area contributed by atoms with Gasteiger partial charge in [-0.15, -0.1) is 0 Å². The Labute approximate surface area is 96.5 Å². The summed E-state index contributed by atoms with van der Waals surface area (Å²) in [6.07, 6.45) is 0.170. The minimum absolute atomic E-state index is 0.170. The van der Waals surface area contributed by atoms with Gasteiger partial charge >= 0.3 is 0 Å². The van der Waals surface area contributed by atoms with Crippen molar-refractivity contribution in [1.82, 2.24) is 0 Å². The number of ether oxygens (including phenoxy) is 3. The van der Waals surface area contributed by atoms with E-state index in [-0.39, 0.29) is 6.10 Å². The smallest absolute Gasteiger partial charge is 0.231 e. The van der Waals surface area contributed by atoms with Crippen molar-refractivity contribution in [2.45, 2.75) is 20.0 Å². The average molecular weight is 306 g/mol. The van der Waals surface area contributed by atoms with E-state index in [1.165, 1.54) is 0 Å². The fourth-order valence-electron chi connectivity index (χ4n) is 1.24. The van der Waals surface area contributed by atoms with Gasteiger partial charge in [0.15, 0.2) is 11.5 Å². The third-order valence-electron chi connectivity index (χ3n) is 1.79. The summed E-state index contributed by atoms with van der Waals surface area (Å²) in [4.78, 5) is 0. The number of fused-ring (bicyclic) bond motifs is 1. The molecule has 0 aliphatic carbocycles. The van der Waals surface area contributed by atoms with Crippen LogP contribution >= 0.6 is 22.6 Å². The molecule has 0 saturated carbocycles. The first-order chi connectivity index (χ1) is 6.66. The van der Waals surface area contributed by atoms with Crippen molar-refractivity contribution in [3.8, 4) is 17.2 Å². The maximum Gasteiger partial charge on any atom is 0.231 e. The van der Waals surface area contributed by atoms with Gasteiger partial charge in [-0.25, -0.2) is 0 Å². The molecule has 0 fully saturated rings. The molecule has 14 heavy (non-hydrogen) atoms. The van der Waals surface area contributed by atoms with Crippen molar-refractivity contribution in [3.63, 3.8) is 0 Å². The molecule has 0 aromatic heterocycles. The molecular weight excluding hydrogens is 295 g/mol. The molecule has 1 aliphatic rings. The highest BCUT2D eigenvalue weighted by molar-refractivity contribution is 14.1. The van der Waals surface area contributed by atoms with Crippen LogP contribution in [0.15, 0.2) is 12.1 Å². The molecule has 4 heteroatoms. The van der Waals surface area contributed by atoms with E-state index in [1.54, 1.807) is 0 Å². The van der Waals surface area contributed by atoms with E-state index in [1.807, 2.05) is 26.0 Å². The Morgan fingerprint density at radius 2 is 1.93 bits per heavy atom. The van der Waals surface area contributed by atoms with E-state index < -0.39 is 0 Å². The first-order valence-corrected chi connectivity index (χ1v) is 5.50. The minimum atomic E-state index is 0.170. The van der Waals surface area contributed by atoms with Crippen LogP contribution in [0.2, 0.25) is 0 Å². The summed E-state index contributed by atoms with van der Waals surface area (Å²) < 4.78 is 17.2. The molecule has 0 N–H and O–H groups in total. The Balaban J connectivity index is 2.32. The molecular formula is C10H11IO3. The first kappa shape index (κ1) is 9.89. The summed E-state index contributed by atoms with van der Waals surface area (Å²) in [5.74, 6) is 2.41. The standard InChI is InChI=1S/C10H11IO3/c1-6(2)14-8-4-10-9(3-7(8)11)12-5-13-10/h3-4,6H,5H2,1-2H3. The maximum atomic E-state index is 5.63. The van der Waals surface area contributed by atoms with Gasteiger partial charge in [0, 0.05) is 12.1 Å². The van der Waals surface area contributed by atoms with E-state index in [9.17, 15) is 0 Å². The summed E-state index contributed by atoms with van der Waals surface area (Å²) in [6, 6.07) is 3.81. The van der Waals surface area contributed by atoms with Crippen LogP contribution in [0.3, 0.4) is 0 Å². The van der Waals surface area contributed by atoms with Crippen LogP contribution < -0.4 is 14.2 Å². The summed E-state index contributed by atoms with van der Waals surface area (Å²) in [5.41, 5.74) is 0. The van der Waals surface area contributed by atoms with Gasteiger partial charge < -0.3 is 14.2 Å². The molecule has 0 spiro atoms. The highest BCUT2D eigenvalue weighted by Crippen LogP contribution is 2.38. The van der Waals surface area contributed by atoms with Crippen molar-refractivity contribution in [2.75, 3.05) is 6.79 Å². The molecule has 76 valence electrons. The number of benzene rings is 1.